The molecular weight excluding hydrogens is 362 g/mol. The summed E-state index contributed by atoms with van der Waals surface area (Å²) in [7, 11) is -4.32. The van der Waals surface area contributed by atoms with Crippen molar-refractivity contribution in [3.8, 4) is 5.75 Å². The SMILES string of the molecule is CCc1ccccc1C(c1ccc2c(c1)C1(C)CCNCC1O2)S(=O)(=O)O. The van der Waals surface area contributed by atoms with Crippen LogP contribution in [0.4, 0.5) is 0 Å². The first-order valence-corrected chi connectivity index (χ1v) is 10.9. The molecule has 0 radical (unpaired) electrons. The van der Waals surface area contributed by atoms with Gasteiger partial charge in [-0.1, -0.05) is 44.2 Å². The molecule has 0 aliphatic carbocycles. The second-order valence-electron chi connectivity index (χ2n) is 7.68. The van der Waals surface area contributed by atoms with Crippen molar-refractivity contribution >= 4 is 10.1 Å². The second kappa shape index (κ2) is 6.62. The van der Waals surface area contributed by atoms with E-state index >= 15 is 0 Å². The number of ether oxygens (including phenoxy) is 1. The maximum atomic E-state index is 12.4. The van der Waals surface area contributed by atoms with E-state index < -0.39 is 15.4 Å². The van der Waals surface area contributed by atoms with Crippen LogP contribution in [-0.2, 0) is 22.0 Å². The van der Waals surface area contributed by atoms with Crippen molar-refractivity contribution in [1.82, 2.24) is 5.32 Å². The van der Waals surface area contributed by atoms with Crippen LogP contribution < -0.4 is 10.1 Å². The van der Waals surface area contributed by atoms with Gasteiger partial charge in [-0.25, -0.2) is 0 Å². The van der Waals surface area contributed by atoms with Gasteiger partial charge in [0.1, 0.15) is 17.1 Å². The van der Waals surface area contributed by atoms with E-state index in [1.54, 1.807) is 12.1 Å². The van der Waals surface area contributed by atoms with Crippen molar-refractivity contribution in [2.24, 2.45) is 0 Å². The summed E-state index contributed by atoms with van der Waals surface area (Å²) in [5.74, 6) is 0.813. The van der Waals surface area contributed by atoms with E-state index in [1.165, 1.54) is 0 Å². The Morgan fingerprint density at radius 2 is 2.07 bits per heavy atom. The molecule has 1 fully saturated rings. The zero-order valence-corrected chi connectivity index (χ0v) is 16.4. The van der Waals surface area contributed by atoms with Gasteiger partial charge in [0, 0.05) is 17.5 Å². The van der Waals surface area contributed by atoms with Gasteiger partial charge >= 0.3 is 0 Å². The molecule has 2 N–H and O–H groups in total. The van der Waals surface area contributed by atoms with Crippen molar-refractivity contribution in [1.29, 1.82) is 0 Å². The number of hydrogen-bond acceptors (Lipinski definition) is 4. The van der Waals surface area contributed by atoms with Gasteiger partial charge in [0.15, 0.2) is 0 Å². The summed E-state index contributed by atoms with van der Waals surface area (Å²) in [5, 5.41) is 2.26. The van der Waals surface area contributed by atoms with Crippen LogP contribution in [0.25, 0.3) is 0 Å². The summed E-state index contributed by atoms with van der Waals surface area (Å²) < 4.78 is 40.9. The van der Waals surface area contributed by atoms with Crippen molar-refractivity contribution in [3.05, 3.63) is 64.7 Å². The molecule has 27 heavy (non-hydrogen) atoms. The minimum absolute atomic E-state index is 0.0450. The lowest BCUT2D eigenvalue weighted by Gasteiger charge is -2.35. The van der Waals surface area contributed by atoms with Gasteiger partial charge in [-0.2, -0.15) is 8.42 Å². The van der Waals surface area contributed by atoms with Gasteiger partial charge < -0.3 is 10.1 Å². The molecule has 3 atom stereocenters. The molecular formula is C21H25NO4S. The molecule has 4 rings (SSSR count). The van der Waals surface area contributed by atoms with E-state index in [0.717, 1.165) is 36.4 Å². The first-order valence-electron chi connectivity index (χ1n) is 9.40. The van der Waals surface area contributed by atoms with Crippen molar-refractivity contribution < 1.29 is 17.7 Å². The molecule has 2 heterocycles. The number of rotatable bonds is 4. The van der Waals surface area contributed by atoms with Crippen molar-refractivity contribution in [3.63, 3.8) is 0 Å². The van der Waals surface area contributed by atoms with E-state index in [2.05, 4.69) is 12.2 Å². The molecule has 1 saturated heterocycles. The highest BCUT2D eigenvalue weighted by molar-refractivity contribution is 7.86. The van der Waals surface area contributed by atoms with Gasteiger partial charge in [-0.05, 0) is 48.2 Å². The Morgan fingerprint density at radius 1 is 1.30 bits per heavy atom. The zero-order chi connectivity index (χ0) is 19.2. The Bertz CT molecular complexity index is 972. The fraction of sp³-hybridized carbons (Fsp3) is 0.429. The third-order valence-corrected chi connectivity index (χ3v) is 7.19. The minimum Gasteiger partial charge on any atom is -0.488 e. The molecule has 2 aliphatic rings. The van der Waals surface area contributed by atoms with E-state index in [4.69, 9.17) is 4.74 Å². The molecule has 0 bridgehead atoms. The summed E-state index contributed by atoms with van der Waals surface area (Å²) in [6.45, 7) is 5.84. The highest BCUT2D eigenvalue weighted by Crippen LogP contribution is 2.48. The van der Waals surface area contributed by atoms with Crippen LogP contribution in [-0.4, -0.2) is 32.2 Å². The van der Waals surface area contributed by atoms with Crippen LogP contribution in [0.3, 0.4) is 0 Å². The quantitative estimate of drug-likeness (QED) is 0.788. The minimum atomic E-state index is -4.32. The molecule has 5 nitrogen and oxygen atoms in total. The third kappa shape index (κ3) is 3.06. The van der Waals surface area contributed by atoms with Gasteiger partial charge in [0.05, 0.1) is 0 Å². The van der Waals surface area contributed by atoms with Crippen LogP contribution in [0.15, 0.2) is 42.5 Å². The molecule has 6 heteroatoms. The molecule has 0 saturated carbocycles. The predicted octanol–water partition coefficient (Wildman–Crippen LogP) is 3.24. The van der Waals surface area contributed by atoms with Gasteiger partial charge in [-0.3, -0.25) is 4.55 Å². The first kappa shape index (κ1) is 18.5. The van der Waals surface area contributed by atoms with Gasteiger partial charge in [0.25, 0.3) is 10.1 Å². The van der Waals surface area contributed by atoms with E-state index in [1.807, 2.05) is 37.3 Å². The van der Waals surface area contributed by atoms with E-state index in [-0.39, 0.29) is 11.5 Å². The monoisotopic (exact) mass is 387 g/mol. The number of piperidine rings is 1. The fourth-order valence-corrected chi connectivity index (χ4v) is 5.53. The number of nitrogens with one attached hydrogen (secondary N) is 1. The smallest absolute Gasteiger partial charge is 0.276 e. The molecule has 3 unspecified atom stereocenters. The number of fused-ring (bicyclic) bond motifs is 3. The molecule has 2 aromatic rings. The molecule has 2 aliphatic heterocycles. The van der Waals surface area contributed by atoms with Gasteiger partial charge in [0.2, 0.25) is 0 Å². The predicted molar refractivity (Wildman–Crippen MR) is 105 cm³/mol. The fourth-order valence-electron chi connectivity index (χ4n) is 4.48. The maximum Gasteiger partial charge on any atom is 0.276 e. The van der Waals surface area contributed by atoms with E-state index in [9.17, 15) is 13.0 Å². The summed E-state index contributed by atoms with van der Waals surface area (Å²) >= 11 is 0. The van der Waals surface area contributed by atoms with E-state index in [0.29, 0.717) is 17.5 Å². The number of aryl methyl sites for hydroxylation is 1. The molecule has 144 valence electrons. The molecule has 2 aromatic carbocycles. The summed E-state index contributed by atoms with van der Waals surface area (Å²) in [5.41, 5.74) is 3.02. The second-order valence-corrected chi connectivity index (χ2v) is 9.18. The highest BCUT2D eigenvalue weighted by atomic mass is 32.2. The van der Waals surface area contributed by atoms with Crippen molar-refractivity contribution in [2.75, 3.05) is 13.1 Å². The Labute approximate surface area is 160 Å². The third-order valence-electron chi connectivity index (χ3n) is 6.07. The molecule has 0 spiro atoms. The van der Waals surface area contributed by atoms with Crippen LogP contribution in [0.1, 0.15) is 47.8 Å². The molecule has 0 amide bonds. The topological polar surface area (TPSA) is 75.6 Å². The highest BCUT2D eigenvalue weighted by Gasteiger charge is 2.47. The largest absolute Gasteiger partial charge is 0.488 e. The Morgan fingerprint density at radius 3 is 2.81 bits per heavy atom. The Hall–Kier alpha value is -1.89. The van der Waals surface area contributed by atoms with Gasteiger partial charge in [-0.15, -0.1) is 0 Å². The Kier molecular flexibility index (Phi) is 4.53. The van der Waals surface area contributed by atoms with Crippen LogP contribution in [0.5, 0.6) is 5.75 Å². The summed E-state index contributed by atoms with van der Waals surface area (Å²) in [6, 6.07) is 12.9. The lowest BCUT2D eigenvalue weighted by Crippen LogP contribution is -2.49. The first-order chi connectivity index (χ1) is 12.8. The number of hydrogen-bond donors (Lipinski definition) is 2. The number of benzene rings is 2. The zero-order valence-electron chi connectivity index (χ0n) is 15.6. The average Bonchev–Trinajstić information content (AvgIpc) is 2.93. The Balaban J connectivity index is 1.86. The normalized spacial score (nSPS) is 25.4. The lowest BCUT2D eigenvalue weighted by molar-refractivity contribution is 0.124. The van der Waals surface area contributed by atoms with Crippen LogP contribution in [0, 0.1) is 0 Å². The van der Waals surface area contributed by atoms with Crippen LogP contribution in [0.2, 0.25) is 0 Å². The van der Waals surface area contributed by atoms with Crippen molar-refractivity contribution in [2.45, 2.75) is 43.5 Å². The van der Waals surface area contributed by atoms with Crippen LogP contribution >= 0.6 is 0 Å². The molecule has 0 aromatic heterocycles. The standard InChI is InChI=1S/C21H25NO4S/c1-3-14-6-4-5-7-16(14)20(27(23,24)25)15-8-9-18-17(12-15)21(2)10-11-22-13-19(21)26-18/h4-9,12,19-20,22H,3,10-11,13H2,1-2H3,(H,23,24,25). The maximum absolute atomic E-state index is 12.4. The summed E-state index contributed by atoms with van der Waals surface area (Å²) in [6.07, 6.45) is 1.67. The lowest BCUT2D eigenvalue weighted by atomic mass is 9.74. The summed E-state index contributed by atoms with van der Waals surface area (Å²) in [4.78, 5) is 0. The average molecular weight is 388 g/mol.